The molecule has 0 aliphatic rings. The number of carbonyl (C=O) groups is 2. The summed E-state index contributed by atoms with van der Waals surface area (Å²) in [6.07, 6.45) is 0. The van der Waals surface area contributed by atoms with Crippen LogP contribution in [-0.4, -0.2) is 34.9 Å². The van der Waals surface area contributed by atoms with Crippen molar-refractivity contribution < 1.29 is 24.2 Å². The number of hydrogen-bond donors (Lipinski definition) is 4. The maximum absolute atomic E-state index is 11.5. The molecule has 1 unspecified atom stereocenters. The van der Waals surface area contributed by atoms with E-state index in [2.05, 4.69) is 10.6 Å². The number of furan rings is 1. The molecule has 7 nitrogen and oxygen atoms in total. The summed E-state index contributed by atoms with van der Waals surface area (Å²) in [6.45, 7) is 2.81. The zero-order valence-electron chi connectivity index (χ0n) is 10.1. The predicted octanol–water partition coefficient (Wildman–Crippen LogP) is 0.394. The van der Waals surface area contributed by atoms with Crippen LogP contribution in [0.5, 0.6) is 0 Å². The van der Waals surface area contributed by atoms with Gasteiger partial charge in [0.05, 0.1) is 12.6 Å². The number of amides is 2. The number of carboxylic acid groups (broad SMARTS) is 1. The molecule has 18 heavy (non-hydrogen) atoms. The van der Waals surface area contributed by atoms with Crippen molar-refractivity contribution in [3.63, 3.8) is 0 Å². The van der Waals surface area contributed by atoms with Gasteiger partial charge in [-0.25, -0.2) is 9.59 Å². The summed E-state index contributed by atoms with van der Waals surface area (Å²) in [5.41, 5.74) is 0. The monoisotopic (exact) mass is 256 g/mol. The van der Waals surface area contributed by atoms with Crippen LogP contribution in [0, 0.1) is 6.92 Å². The van der Waals surface area contributed by atoms with E-state index in [0.29, 0.717) is 5.76 Å². The van der Waals surface area contributed by atoms with Crippen LogP contribution in [0.1, 0.15) is 24.5 Å². The fourth-order valence-electron chi connectivity index (χ4n) is 1.34. The molecule has 0 aromatic carbocycles. The van der Waals surface area contributed by atoms with Crippen LogP contribution < -0.4 is 10.6 Å². The number of aliphatic hydroxyl groups excluding tert-OH is 1. The predicted molar refractivity (Wildman–Crippen MR) is 62.0 cm³/mol. The summed E-state index contributed by atoms with van der Waals surface area (Å²) in [5, 5.41) is 22.1. The molecule has 0 aliphatic heterocycles. The summed E-state index contributed by atoms with van der Waals surface area (Å²) in [6, 6.07) is 1.08. The van der Waals surface area contributed by atoms with Crippen LogP contribution >= 0.6 is 0 Å². The fraction of sp³-hybridized carbons (Fsp3) is 0.455. The molecule has 0 spiro atoms. The van der Waals surface area contributed by atoms with E-state index in [4.69, 9.17) is 14.6 Å². The number of aliphatic carboxylic acids is 1. The molecule has 1 aromatic rings. The van der Waals surface area contributed by atoms with Crippen molar-refractivity contribution in [2.24, 2.45) is 0 Å². The molecule has 0 aliphatic carbocycles. The van der Waals surface area contributed by atoms with Gasteiger partial charge in [0.1, 0.15) is 11.5 Å². The van der Waals surface area contributed by atoms with Gasteiger partial charge in [-0.3, -0.25) is 0 Å². The highest BCUT2D eigenvalue weighted by Gasteiger charge is 2.20. The third-order valence-corrected chi connectivity index (χ3v) is 2.32. The fourth-order valence-corrected chi connectivity index (χ4v) is 1.34. The molecule has 0 radical (unpaired) electrons. The van der Waals surface area contributed by atoms with Gasteiger partial charge in [-0.05, 0) is 26.0 Å². The number of hydrogen-bond acceptors (Lipinski definition) is 4. The Hall–Kier alpha value is -2.02. The van der Waals surface area contributed by atoms with Gasteiger partial charge in [0.2, 0.25) is 0 Å². The third kappa shape index (κ3) is 3.77. The summed E-state index contributed by atoms with van der Waals surface area (Å²) in [7, 11) is 0. The topological polar surface area (TPSA) is 112 Å². The largest absolute Gasteiger partial charge is 0.480 e. The lowest BCUT2D eigenvalue weighted by Gasteiger charge is -2.15. The smallest absolute Gasteiger partial charge is 0.328 e. The molecule has 2 atom stereocenters. The molecule has 1 aromatic heterocycles. The van der Waals surface area contributed by atoms with Gasteiger partial charge in [-0.2, -0.15) is 0 Å². The SMILES string of the molecule is Cc1ccc(C(C)NC(=O)N[C@H](CO)C(=O)O)o1. The number of carboxylic acids is 1. The first-order chi connectivity index (χ1) is 8.43. The number of aryl methyl sites for hydroxylation is 1. The minimum atomic E-state index is -1.32. The second-order valence-electron chi connectivity index (χ2n) is 3.86. The van der Waals surface area contributed by atoms with E-state index in [9.17, 15) is 9.59 Å². The van der Waals surface area contributed by atoms with Crippen molar-refractivity contribution in [3.05, 3.63) is 23.7 Å². The van der Waals surface area contributed by atoms with E-state index in [1.165, 1.54) is 0 Å². The Morgan fingerprint density at radius 3 is 2.50 bits per heavy atom. The van der Waals surface area contributed by atoms with Gasteiger partial charge < -0.3 is 25.3 Å². The summed E-state index contributed by atoms with van der Waals surface area (Å²) in [4.78, 5) is 22.1. The molecule has 4 N–H and O–H groups in total. The van der Waals surface area contributed by atoms with E-state index >= 15 is 0 Å². The Labute approximate surface area is 104 Å². The first kappa shape index (κ1) is 14.0. The van der Waals surface area contributed by atoms with Gasteiger partial charge in [0.25, 0.3) is 0 Å². The lowest BCUT2D eigenvalue weighted by atomic mass is 10.2. The molecular weight excluding hydrogens is 240 g/mol. The maximum atomic E-state index is 11.5. The lowest BCUT2D eigenvalue weighted by Crippen LogP contribution is -2.48. The van der Waals surface area contributed by atoms with Crippen LogP contribution in [0.4, 0.5) is 4.79 Å². The molecule has 0 saturated carbocycles. The molecule has 2 amide bonds. The van der Waals surface area contributed by atoms with Crippen LogP contribution in [0.2, 0.25) is 0 Å². The van der Waals surface area contributed by atoms with Crippen molar-refractivity contribution >= 4 is 12.0 Å². The summed E-state index contributed by atoms with van der Waals surface area (Å²) >= 11 is 0. The van der Waals surface area contributed by atoms with E-state index < -0.39 is 30.7 Å². The van der Waals surface area contributed by atoms with Crippen molar-refractivity contribution in [1.29, 1.82) is 0 Å². The normalized spacial score (nSPS) is 13.7. The third-order valence-electron chi connectivity index (χ3n) is 2.32. The van der Waals surface area contributed by atoms with Crippen molar-refractivity contribution in [2.45, 2.75) is 25.9 Å². The quantitative estimate of drug-likeness (QED) is 0.609. The second-order valence-corrected chi connectivity index (χ2v) is 3.86. The average Bonchev–Trinajstić information content (AvgIpc) is 2.72. The number of carbonyl (C=O) groups excluding carboxylic acids is 1. The minimum Gasteiger partial charge on any atom is -0.480 e. The van der Waals surface area contributed by atoms with Crippen LogP contribution in [0.15, 0.2) is 16.5 Å². The van der Waals surface area contributed by atoms with Crippen LogP contribution in [-0.2, 0) is 4.79 Å². The van der Waals surface area contributed by atoms with E-state index in [1.54, 1.807) is 26.0 Å². The highest BCUT2D eigenvalue weighted by molar-refractivity contribution is 5.82. The summed E-state index contributed by atoms with van der Waals surface area (Å²) < 4.78 is 5.32. The standard InChI is InChI=1S/C11H16N2O5/c1-6-3-4-9(18-6)7(2)12-11(17)13-8(5-14)10(15)16/h3-4,7-8,14H,5H2,1-2H3,(H,15,16)(H2,12,13,17)/t7?,8-/m1/s1. The van der Waals surface area contributed by atoms with E-state index in [0.717, 1.165) is 5.76 Å². The molecule has 7 heteroatoms. The maximum Gasteiger partial charge on any atom is 0.328 e. The average molecular weight is 256 g/mol. The van der Waals surface area contributed by atoms with Crippen molar-refractivity contribution in [2.75, 3.05) is 6.61 Å². The first-order valence-corrected chi connectivity index (χ1v) is 5.41. The highest BCUT2D eigenvalue weighted by Crippen LogP contribution is 2.15. The zero-order valence-corrected chi connectivity index (χ0v) is 10.1. The Balaban J connectivity index is 2.52. The van der Waals surface area contributed by atoms with E-state index in [1.807, 2.05) is 0 Å². The van der Waals surface area contributed by atoms with Crippen LogP contribution in [0.3, 0.4) is 0 Å². The number of urea groups is 1. The number of aliphatic hydroxyl groups is 1. The van der Waals surface area contributed by atoms with Crippen molar-refractivity contribution in [1.82, 2.24) is 10.6 Å². The molecule has 0 bridgehead atoms. The molecular formula is C11H16N2O5. The van der Waals surface area contributed by atoms with Crippen molar-refractivity contribution in [3.8, 4) is 0 Å². The molecule has 0 saturated heterocycles. The van der Waals surface area contributed by atoms with Crippen LogP contribution in [0.25, 0.3) is 0 Å². The Morgan fingerprint density at radius 1 is 1.39 bits per heavy atom. The highest BCUT2D eigenvalue weighted by atomic mass is 16.4. The Kier molecular flexibility index (Phi) is 4.73. The van der Waals surface area contributed by atoms with Gasteiger partial charge in [0.15, 0.2) is 6.04 Å². The summed E-state index contributed by atoms with van der Waals surface area (Å²) in [5.74, 6) is -0.00880. The lowest BCUT2D eigenvalue weighted by molar-refractivity contribution is -0.140. The first-order valence-electron chi connectivity index (χ1n) is 5.41. The number of rotatable bonds is 5. The van der Waals surface area contributed by atoms with Gasteiger partial charge >= 0.3 is 12.0 Å². The van der Waals surface area contributed by atoms with E-state index in [-0.39, 0.29) is 0 Å². The van der Waals surface area contributed by atoms with Gasteiger partial charge in [-0.15, -0.1) is 0 Å². The number of nitrogens with one attached hydrogen (secondary N) is 2. The molecule has 100 valence electrons. The molecule has 0 fully saturated rings. The molecule has 1 rings (SSSR count). The second kappa shape index (κ2) is 6.06. The Morgan fingerprint density at radius 2 is 2.06 bits per heavy atom. The van der Waals surface area contributed by atoms with Gasteiger partial charge in [-0.1, -0.05) is 0 Å². The minimum absolute atomic E-state index is 0.396. The molecule has 1 heterocycles. The zero-order chi connectivity index (χ0) is 13.7. The van der Waals surface area contributed by atoms with Gasteiger partial charge in [0, 0.05) is 0 Å². The Bertz CT molecular complexity index is 429.